The molecule has 1 aromatic rings. The number of hydrogen-bond donors (Lipinski definition) is 2. The van der Waals surface area contributed by atoms with Crippen molar-refractivity contribution in [3.63, 3.8) is 0 Å². The second-order valence-electron chi connectivity index (χ2n) is 5.44. The average Bonchev–Trinajstić information content (AvgIpc) is 2.42. The molecule has 0 fully saturated rings. The molecule has 1 atom stereocenters. The average molecular weight is 238 g/mol. The van der Waals surface area contributed by atoms with E-state index in [9.17, 15) is 4.79 Å². The summed E-state index contributed by atoms with van der Waals surface area (Å²) in [6.45, 7) is 11.4. The van der Waals surface area contributed by atoms with Crippen LogP contribution in [0.1, 0.15) is 45.1 Å². The molecular weight excluding hydrogens is 216 g/mol. The minimum absolute atomic E-state index is 0.0527. The van der Waals surface area contributed by atoms with E-state index in [0.29, 0.717) is 5.69 Å². The molecule has 5 nitrogen and oxygen atoms in total. The monoisotopic (exact) mass is 238 g/mol. The predicted octanol–water partition coefficient (Wildman–Crippen LogP) is 1.56. The summed E-state index contributed by atoms with van der Waals surface area (Å²) in [5.74, 6) is -0.0527. The number of nitrogens with two attached hydrogens (primary N) is 1. The Labute approximate surface area is 102 Å². The van der Waals surface area contributed by atoms with E-state index in [1.165, 1.54) is 0 Å². The third-order valence-corrected chi connectivity index (χ3v) is 2.63. The van der Waals surface area contributed by atoms with Crippen LogP contribution in [0.5, 0.6) is 0 Å². The van der Waals surface area contributed by atoms with Crippen LogP contribution in [0.3, 0.4) is 0 Å². The lowest BCUT2D eigenvalue weighted by Crippen LogP contribution is -2.44. The lowest BCUT2D eigenvalue weighted by Gasteiger charge is -2.23. The highest BCUT2D eigenvalue weighted by molar-refractivity contribution is 5.80. The summed E-state index contributed by atoms with van der Waals surface area (Å²) >= 11 is 0. The van der Waals surface area contributed by atoms with E-state index < -0.39 is 0 Å². The summed E-state index contributed by atoms with van der Waals surface area (Å²) in [6.07, 6.45) is 0. The maximum atomic E-state index is 12.0. The summed E-state index contributed by atoms with van der Waals surface area (Å²) in [7, 11) is 0. The van der Waals surface area contributed by atoms with Gasteiger partial charge in [0.15, 0.2) is 0 Å². The van der Waals surface area contributed by atoms with Gasteiger partial charge in [-0.3, -0.25) is 9.48 Å². The molecule has 0 radical (unpaired) electrons. The molecule has 1 unspecified atom stereocenters. The van der Waals surface area contributed by atoms with Crippen LogP contribution in [-0.2, 0) is 4.79 Å². The molecule has 5 heteroatoms. The van der Waals surface area contributed by atoms with Gasteiger partial charge in [-0.2, -0.15) is 5.10 Å². The number of carbonyl (C=O) groups is 1. The first kappa shape index (κ1) is 13.5. The Kier molecular flexibility index (Phi) is 3.50. The zero-order chi connectivity index (χ0) is 13.4. The standard InChI is InChI=1S/C12H22N4O/c1-7-10(13)8(2)16(15-7)9(3)11(17)14-12(4,5)6/h9H,13H2,1-6H3,(H,14,17). The summed E-state index contributed by atoms with van der Waals surface area (Å²) in [5, 5.41) is 7.22. The Morgan fingerprint density at radius 2 is 1.94 bits per heavy atom. The maximum Gasteiger partial charge on any atom is 0.244 e. The normalized spacial score (nSPS) is 13.5. The van der Waals surface area contributed by atoms with Gasteiger partial charge in [0.1, 0.15) is 6.04 Å². The fourth-order valence-corrected chi connectivity index (χ4v) is 1.64. The largest absolute Gasteiger partial charge is 0.396 e. The van der Waals surface area contributed by atoms with Crippen molar-refractivity contribution < 1.29 is 4.79 Å². The van der Waals surface area contributed by atoms with Crippen molar-refractivity contribution in [2.75, 3.05) is 5.73 Å². The number of carbonyl (C=O) groups excluding carboxylic acids is 1. The molecule has 1 amide bonds. The summed E-state index contributed by atoms with van der Waals surface area (Å²) < 4.78 is 1.67. The van der Waals surface area contributed by atoms with Crippen molar-refractivity contribution in [1.82, 2.24) is 15.1 Å². The van der Waals surface area contributed by atoms with Crippen molar-refractivity contribution >= 4 is 11.6 Å². The number of amides is 1. The second-order valence-corrected chi connectivity index (χ2v) is 5.44. The highest BCUT2D eigenvalue weighted by Crippen LogP contribution is 2.19. The van der Waals surface area contributed by atoms with Gasteiger partial charge in [-0.25, -0.2) is 0 Å². The van der Waals surface area contributed by atoms with Gasteiger partial charge in [0.25, 0.3) is 0 Å². The van der Waals surface area contributed by atoms with Crippen LogP contribution in [0.25, 0.3) is 0 Å². The van der Waals surface area contributed by atoms with Crippen LogP contribution >= 0.6 is 0 Å². The molecule has 3 N–H and O–H groups in total. The van der Waals surface area contributed by atoms with Crippen LogP contribution in [0.2, 0.25) is 0 Å². The van der Waals surface area contributed by atoms with Crippen LogP contribution in [0.4, 0.5) is 5.69 Å². The number of nitrogens with zero attached hydrogens (tertiary/aromatic N) is 2. The molecule has 0 aliphatic heterocycles. The molecule has 0 bridgehead atoms. The molecule has 96 valence electrons. The van der Waals surface area contributed by atoms with E-state index in [1.54, 1.807) is 4.68 Å². The number of aromatic nitrogens is 2. The maximum absolute atomic E-state index is 12.0. The van der Waals surface area contributed by atoms with E-state index in [2.05, 4.69) is 10.4 Å². The Bertz CT molecular complexity index is 428. The zero-order valence-corrected chi connectivity index (χ0v) is 11.5. The van der Waals surface area contributed by atoms with Crippen molar-refractivity contribution in [3.8, 4) is 0 Å². The highest BCUT2D eigenvalue weighted by Gasteiger charge is 2.23. The van der Waals surface area contributed by atoms with Crippen molar-refractivity contribution in [3.05, 3.63) is 11.4 Å². The Morgan fingerprint density at radius 3 is 2.29 bits per heavy atom. The van der Waals surface area contributed by atoms with Crippen molar-refractivity contribution in [1.29, 1.82) is 0 Å². The van der Waals surface area contributed by atoms with E-state index in [0.717, 1.165) is 11.4 Å². The van der Waals surface area contributed by atoms with Crippen LogP contribution in [0, 0.1) is 13.8 Å². The second kappa shape index (κ2) is 4.39. The molecule has 1 rings (SSSR count). The van der Waals surface area contributed by atoms with Gasteiger partial charge < -0.3 is 11.1 Å². The number of hydrogen-bond acceptors (Lipinski definition) is 3. The lowest BCUT2D eigenvalue weighted by molar-refractivity contribution is -0.125. The number of anilines is 1. The van der Waals surface area contributed by atoms with Crippen LogP contribution in [-0.4, -0.2) is 21.2 Å². The SMILES string of the molecule is Cc1nn(C(C)C(=O)NC(C)(C)C)c(C)c1N. The molecule has 0 aliphatic rings. The fraction of sp³-hybridized carbons (Fsp3) is 0.667. The van der Waals surface area contributed by atoms with Crippen LogP contribution < -0.4 is 11.1 Å². The fourth-order valence-electron chi connectivity index (χ4n) is 1.64. The van der Waals surface area contributed by atoms with Gasteiger partial charge in [-0.1, -0.05) is 0 Å². The molecule has 0 saturated carbocycles. The number of nitrogen functional groups attached to an aromatic ring is 1. The molecule has 0 saturated heterocycles. The van der Waals surface area contributed by atoms with Gasteiger partial charge in [-0.15, -0.1) is 0 Å². The van der Waals surface area contributed by atoms with Gasteiger partial charge in [0.2, 0.25) is 5.91 Å². The van der Waals surface area contributed by atoms with Gasteiger partial charge in [0.05, 0.1) is 17.1 Å². The molecule has 1 heterocycles. The smallest absolute Gasteiger partial charge is 0.244 e. The molecule has 0 aliphatic carbocycles. The van der Waals surface area contributed by atoms with Crippen molar-refractivity contribution in [2.45, 2.75) is 53.1 Å². The molecule has 1 aromatic heterocycles. The number of aryl methyl sites for hydroxylation is 1. The molecular formula is C12H22N4O. The topological polar surface area (TPSA) is 72.9 Å². The lowest BCUT2D eigenvalue weighted by atomic mass is 10.1. The van der Waals surface area contributed by atoms with Gasteiger partial charge in [-0.05, 0) is 41.5 Å². The quantitative estimate of drug-likeness (QED) is 0.821. The van der Waals surface area contributed by atoms with Crippen molar-refractivity contribution in [2.24, 2.45) is 0 Å². The Balaban J connectivity index is 2.93. The Hall–Kier alpha value is -1.52. The first-order valence-electron chi connectivity index (χ1n) is 5.76. The summed E-state index contributed by atoms with van der Waals surface area (Å²) in [4.78, 5) is 12.0. The van der Waals surface area contributed by atoms with E-state index in [1.807, 2.05) is 41.5 Å². The molecule has 0 spiro atoms. The van der Waals surface area contributed by atoms with Crippen LogP contribution in [0.15, 0.2) is 0 Å². The summed E-state index contributed by atoms with van der Waals surface area (Å²) in [6, 6.07) is -0.356. The van der Waals surface area contributed by atoms with E-state index in [4.69, 9.17) is 5.73 Å². The number of nitrogens with one attached hydrogen (secondary N) is 1. The first-order valence-corrected chi connectivity index (χ1v) is 5.76. The highest BCUT2D eigenvalue weighted by atomic mass is 16.2. The molecule has 17 heavy (non-hydrogen) atoms. The Morgan fingerprint density at radius 1 is 1.41 bits per heavy atom. The third kappa shape index (κ3) is 2.99. The minimum Gasteiger partial charge on any atom is -0.396 e. The van der Waals surface area contributed by atoms with Gasteiger partial charge in [0, 0.05) is 5.54 Å². The van der Waals surface area contributed by atoms with E-state index in [-0.39, 0.29) is 17.5 Å². The van der Waals surface area contributed by atoms with Gasteiger partial charge >= 0.3 is 0 Å². The number of rotatable bonds is 2. The zero-order valence-electron chi connectivity index (χ0n) is 11.5. The summed E-state index contributed by atoms with van der Waals surface area (Å²) in [5.41, 5.74) is 7.86. The minimum atomic E-state index is -0.356. The molecule has 0 aromatic carbocycles. The first-order chi connectivity index (χ1) is 7.63. The predicted molar refractivity (Wildman–Crippen MR) is 68.7 cm³/mol. The third-order valence-electron chi connectivity index (χ3n) is 2.63. The van der Waals surface area contributed by atoms with E-state index >= 15 is 0 Å².